The summed E-state index contributed by atoms with van der Waals surface area (Å²) in [6.45, 7) is -0.637. The summed E-state index contributed by atoms with van der Waals surface area (Å²) in [5, 5.41) is 2.09. The number of nitrogens with one attached hydrogen (secondary N) is 1. The van der Waals surface area contributed by atoms with E-state index in [2.05, 4.69) is 10.3 Å². The molecule has 0 spiro atoms. The zero-order valence-electron chi connectivity index (χ0n) is 13.6. The monoisotopic (exact) mass is 417 g/mol. The molecule has 1 aromatic carbocycles. The second kappa shape index (κ2) is 7.20. The Labute approximate surface area is 159 Å². The minimum Gasteiger partial charge on any atom is -0.497 e. The van der Waals surface area contributed by atoms with Crippen molar-refractivity contribution < 1.29 is 22.7 Å². The summed E-state index contributed by atoms with van der Waals surface area (Å²) < 4.78 is 45.0. The number of carbonyl (C=O) groups excluding carboxylic acids is 1. The molecule has 0 saturated carbocycles. The van der Waals surface area contributed by atoms with E-state index in [0.29, 0.717) is 28.1 Å². The van der Waals surface area contributed by atoms with Crippen LogP contribution in [-0.4, -0.2) is 22.6 Å². The van der Waals surface area contributed by atoms with Crippen LogP contribution >= 0.6 is 22.9 Å². The van der Waals surface area contributed by atoms with Crippen molar-refractivity contribution in [2.45, 2.75) is 12.7 Å². The number of pyridine rings is 1. The Kier molecular flexibility index (Phi) is 5.11. The molecule has 0 radical (unpaired) electrons. The van der Waals surface area contributed by atoms with Gasteiger partial charge in [-0.15, -0.1) is 0 Å². The molecule has 0 aliphatic rings. The molecule has 6 nitrogen and oxygen atoms in total. The number of anilines is 1. The van der Waals surface area contributed by atoms with Crippen molar-refractivity contribution in [1.82, 2.24) is 9.55 Å². The van der Waals surface area contributed by atoms with Gasteiger partial charge < -0.3 is 14.6 Å². The van der Waals surface area contributed by atoms with Gasteiger partial charge in [0.15, 0.2) is 5.13 Å². The van der Waals surface area contributed by atoms with Gasteiger partial charge in [-0.05, 0) is 24.3 Å². The number of thiazole rings is 1. The standard InChI is InChI=1S/C16H11ClF3N3O3S/c1-26-9-2-3-11-12(5-9)27-15(21-11)22-13(24)7-23-6-8(16(18,19)20)4-10(17)14(23)25/h2-6H,7H2,1H3,(H,21,22,24). The number of nitrogens with zero attached hydrogens (tertiary/aromatic N) is 2. The highest BCUT2D eigenvalue weighted by molar-refractivity contribution is 7.22. The van der Waals surface area contributed by atoms with Crippen molar-refractivity contribution in [1.29, 1.82) is 0 Å². The average molecular weight is 418 g/mol. The smallest absolute Gasteiger partial charge is 0.417 e. The lowest BCUT2D eigenvalue weighted by Crippen LogP contribution is -2.29. The number of halogens is 4. The Balaban J connectivity index is 1.82. The van der Waals surface area contributed by atoms with E-state index in [1.165, 1.54) is 7.11 Å². The molecule has 142 valence electrons. The zero-order chi connectivity index (χ0) is 19.8. The van der Waals surface area contributed by atoms with Gasteiger partial charge in [-0.3, -0.25) is 9.59 Å². The summed E-state index contributed by atoms with van der Waals surface area (Å²) >= 11 is 6.73. The minimum absolute atomic E-state index is 0.245. The van der Waals surface area contributed by atoms with Crippen LogP contribution in [0.4, 0.5) is 18.3 Å². The lowest BCUT2D eigenvalue weighted by atomic mass is 10.2. The summed E-state index contributed by atoms with van der Waals surface area (Å²) in [6.07, 6.45) is -4.14. The number of aromatic nitrogens is 2. The molecular formula is C16H11ClF3N3O3S. The number of hydrogen-bond donors (Lipinski definition) is 1. The number of benzene rings is 1. The largest absolute Gasteiger partial charge is 0.497 e. The fourth-order valence-corrected chi connectivity index (χ4v) is 3.41. The number of ether oxygens (including phenoxy) is 1. The Morgan fingerprint density at radius 2 is 2.11 bits per heavy atom. The maximum atomic E-state index is 12.9. The van der Waals surface area contributed by atoms with Crippen LogP contribution in [0.3, 0.4) is 0 Å². The van der Waals surface area contributed by atoms with E-state index >= 15 is 0 Å². The molecule has 0 atom stereocenters. The Morgan fingerprint density at radius 3 is 2.78 bits per heavy atom. The van der Waals surface area contributed by atoms with E-state index in [4.69, 9.17) is 16.3 Å². The number of amides is 1. The molecule has 27 heavy (non-hydrogen) atoms. The van der Waals surface area contributed by atoms with Crippen molar-refractivity contribution in [3.8, 4) is 5.75 Å². The van der Waals surface area contributed by atoms with Gasteiger partial charge in [-0.2, -0.15) is 13.2 Å². The van der Waals surface area contributed by atoms with E-state index in [0.717, 1.165) is 16.0 Å². The van der Waals surface area contributed by atoms with E-state index in [9.17, 15) is 22.8 Å². The van der Waals surface area contributed by atoms with Gasteiger partial charge in [0.25, 0.3) is 5.56 Å². The molecule has 0 aliphatic carbocycles. The van der Waals surface area contributed by atoms with Gasteiger partial charge in [-0.25, -0.2) is 4.98 Å². The lowest BCUT2D eigenvalue weighted by Gasteiger charge is -2.11. The summed E-state index contributed by atoms with van der Waals surface area (Å²) in [5.41, 5.74) is -1.39. The first-order valence-electron chi connectivity index (χ1n) is 7.39. The van der Waals surface area contributed by atoms with Crippen LogP contribution in [-0.2, 0) is 17.5 Å². The first kappa shape index (κ1) is 19.2. The van der Waals surface area contributed by atoms with Crippen molar-refractivity contribution in [3.63, 3.8) is 0 Å². The summed E-state index contributed by atoms with van der Waals surface area (Å²) in [7, 11) is 1.52. The van der Waals surface area contributed by atoms with Crippen molar-refractivity contribution in [3.05, 3.63) is 51.4 Å². The lowest BCUT2D eigenvalue weighted by molar-refractivity contribution is -0.138. The molecule has 0 unspecified atom stereocenters. The Morgan fingerprint density at radius 1 is 1.37 bits per heavy atom. The van der Waals surface area contributed by atoms with E-state index < -0.39 is 34.8 Å². The SMILES string of the molecule is COc1ccc2nc(NC(=O)Cn3cc(C(F)(F)F)cc(Cl)c3=O)sc2c1. The third-order valence-electron chi connectivity index (χ3n) is 3.53. The summed E-state index contributed by atoms with van der Waals surface area (Å²) in [6, 6.07) is 5.67. The third kappa shape index (κ3) is 4.22. The van der Waals surface area contributed by atoms with Gasteiger partial charge in [-0.1, -0.05) is 22.9 Å². The second-order valence-electron chi connectivity index (χ2n) is 5.41. The molecule has 0 fully saturated rings. The molecule has 0 saturated heterocycles. The van der Waals surface area contributed by atoms with Crippen LogP contribution in [0.1, 0.15) is 5.56 Å². The number of hydrogen-bond acceptors (Lipinski definition) is 5. The topological polar surface area (TPSA) is 73.2 Å². The van der Waals surface area contributed by atoms with Crippen LogP contribution in [0.15, 0.2) is 35.3 Å². The average Bonchev–Trinajstić information content (AvgIpc) is 2.98. The third-order valence-corrected chi connectivity index (χ3v) is 4.73. The quantitative estimate of drug-likeness (QED) is 0.701. The van der Waals surface area contributed by atoms with Crippen LogP contribution < -0.4 is 15.6 Å². The van der Waals surface area contributed by atoms with Crippen LogP contribution in [0.25, 0.3) is 10.2 Å². The maximum Gasteiger partial charge on any atom is 0.417 e. The van der Waals surface area contributed by atoms with Crippen LogP contribution in [0.2, 0.25) is 5.02 Å². The van der Waals surface area contributed by atoms with Crippen molar-refractivity contribution >= 4 is 44.2 Å². The minimum atomic E-state index is -4.69. The second-order valence-corrected chi connectivity index (χ2v) is 6.85. The van der Waals surface area contributed by atoms with E-state index in [-0.39, 0.29) is 5.13 Å². The molecule has 11 heteroatoms. The van der Waals surface area contributed by atoms with Gasteiger partial charge in [0.1, 0.15) is 17.3 Å². The molecule has 3 rings (SSSR count). The molecular weight excluding hydrogens is 407 g/mol. The molecule has 0 aliphatic heterocycles. The predicted octanol–water partition coefficient (Wildman–Crippen LogP) is 3.78. The maximum absolute atomic E-state index is 12.9. The highest BCUT2D eigenvalue weighted by atomic mass is 35.5. The Hall–Kier alpha value is -2.59. The molecule has 2 aromatic heterocycles. The first-order valence-corrected chi connectivity index (χ1v) is 8.58. The summed E-state index contributed by atoms with van der Waals surface area (Å²) in [4.78, 5) is 28.3. The highest BCUT2D eigenvalue weighted by Crippen LogP contribution is 2.30. The number of rotatable bonds is 4. The number of alkyl halides is 3. The zero-order valence-corrected chi connectivity index (χ0v) is 15.2. The van der Waals surface area contributed by atoms with Crippen molar-refractivity contribution in [2.75, 3.05) is 12.4 Å². The molecule has 1 N–H and O–H groups in total. The summed E-state index contributed by atoms with van der Waals surface area (Å²) in [5.74, 6) is -0.0901. The van der Waals surface area contributed by atoms with Gasteiger partial charge in [0.05, 0.1) is 22.9 Å². The fraction of sp³-hybridized carbons (Fsp3) is 0.188. The first-order chi connectivity index (χ1) is 12.7. The molecule has 0 bridgehead atoms. The normalized spacial score (nSPS) is 11.6. The highest BCUT2D eigenvalue weighted by Gasteiger charge is 2.32. The van der Waals surface area contributed by atoms with E-state index in [1.807, 2.05) is 0 Å². The number of carbonyl (C=O) groups is 1. The van der Waals surface area contributed by atoms with Crippen molar-refractivity contribution in [2.24, 2.45) is 0 Å². The van der Waals surface area contributed by atoms with Gasteiger partial charge in [0.2, 0.25) is 5.91 Å². The fourth-order valence-electron chi connectivity index (χ4n) is 2.27. The van der Waals surface area contributed by atoms with Crippen LogP contribution in [0, 0.1) is 0 Å². The van der Waals surface area contributed by atoms with E-state index in [1.54, 1.807) is 18.2 Å². The predicted molar refractivity (Wildman–Crippen MR) is 95.5 cm³/mol. The Bertz CT molecular complexity index is 1080. The van der Waals surface area contributed by atoms with Gasteiger partial charge in [0, 0.05) is 6.20 Å². The van der Waals surface area contributed by atoms with Gasteiger partial charge >= 0.3 is 6.18 Å². The number of fused-ring (bicyclic) bond motifs is 1. The molecule has 1 amide bonds. The number of methoxy groups -OCH3 is 1. The molecule has 2 heterocycles. The molecule has 3 aromatic rings. The van der Waals surface area contributed by atoms with Crippen LogP contribution in [0.5, 0.6) is 5.75 Å².